The van der Waals surface area contributed by atoms with Gasteiger partial charge in [0, 0.05) is 6.54 Å². The van der Waals surface area contributed by atoms with E-state index in [1.54, 1.807) is 6.33 Å². The van der Waals surface area contributed by atoms with Crippen LogP contribution >= 0.6 is 0 Å². The van der Waals surface area contributed by atoms with Crippen LogP contribution in [0.4, 0.5) is 5.82 Å². The highest BCUT2D eigenvalue weighted by Gasteiger charge is 2.23. The van der Waals surface area contributed by atoms with Crippen LogP contribution in [0.3, 0.4) is 0 Å². The van der Waals surface area contributed by atoms with Gasteiger partial charge in [0.15, 0.2) is 0 Å². The Morgan fingerprint density at radius 2 is 2.24 bits per heavy atom. The van der Waals surface area contributed by atoms with Crippen molar-refractivity contribution in [1.29, 1.82) is 0 Å². The third-order valence-corrected chi connectivity index (χ3v) is 2.64. The minimum atomic E-state index is 0.148. The van der Waals surface area contributed by atoms with Gasteiger partial charge in [0.1, 0.15) is 18.2 Å². The van der Waals surface area contributed by atoms with E-state index in [4.69, 9.17) is 9.47 Å². The molecule has 5 nitrogen and oxygen atoms in total. The van der Waals surface area contributed by atoms with Crippen molar-refractivity contribution in [2.45, 2.75) is 32.8 Å². The van der Waals surface area contributed by atoms with Gasteiger partial charge in [-0.3, -0.25) is 0 Å². The molecular weight excluding hydrogens is 218 g/mol. The molecule has 0 saturated carbocycles. The molecule has 0 radical (unpaired) electrons. The summed E-state index contributed by atoms with van der Waals surface area (Å²) in [4.78, 5) is 8.50. The molecule has 0 aliphatic carbocycles. The summed E-state index contributed by atoms with van der Waals surface area (Å²) in [6.45, 7) is 6.36. The number of nitrogens with zero attached hydrogens (tertiary/aromatic N) is 2. The first-order valence-corrected chi connectivity index (χ1v) is 6.17. The molecule has 2 rings (SSSR count). The third kappa shape index (κ3) is 2.85. The van der Waals surface area contributed by atoms with Gasteiger partial charge in [-0.2, -0.15) is 0 Å². The smallest absolute Gasteiger partial charge is 0.222 e. The zero-order valence-corrected chi connectivity index (χ0v) is 10.4. The first-order valence-electron chi connectivity index (χ1n) is 6.17. The predicted octanol–water partition coefficient (Wildman–Crippen LogP) is 1.64. The van der Waals surface area contributed by atoms with E-state index in [0.717, 1.165) is 30.8 Å². The molecule has 1 fully saturated rings. The van der Waals surface area contributed by atoms with Gasteiger partial charge in [-0.15, -0.1) is 0 Å². The van der Waals surface area contributed by atoms with Crippen molar-refractivity contribution < 1.29 is 9.47 Å². The maximum absolute atomic E-state index is 5.80. The van der Waals surface area contributed by atoms with Crippen molar-refractivity contribution in [3.8, 4) is 5.88 Å². The Morgan fingerprint density at radius 1 is 1.41 bits per heavy atom. The highest BCUT2D eigenvalue weighted by molar-refractivity contribution is 5.48. The Labute approximate surface area is 102 Å². The minimum absolute atomic E-state index is 0.148. The summed E-state index contributed by atoms with van der Waals surface area (Å²) in [5.74, 6) is 1.59. The quantitative estimate of drug-likeness (QED) is 0.815. The van der Waals surface area contributed by atoms with Crippen LogP contribution in [0.1, 0.15) is 25.8 Å². The maximum atomic E-state index is 5.80. The van der Waals surface area contributed by atoms with Crippen LogP contribution in [-0.2, 0) is 11.2 Å². The molecule has 0 atom stereocenters. The van der Waals surface area contributed by atoms with Crippen molar-refractivity contribution in [3.05, 3.63) is 11.9 Å². The van der Waals surface area contributed by atoms with E-state index in [2.05, 4.69) is 29.1 Å². The number of ether oxygens (including phenoxy) is 2. The molecule has 1 saturated heterocycles. The van der Waals surface area contributed by atoms with Gasteiger partial charge in [-0.1, -0.05) is 13.3 Å². The first kappa shape index (κ1) is 12.1. The summed E-state index contributed by atoms with van der Waals surface area (Å²) in [5, 5.41) is 3.25. The third-order valence-electron chi connectivity index (χ3n) is 2.64. The van der Waals surface area contributed by atoms with Gasteiger partial charge in [0.25, 0.3) is 0 Å². The fourth-order valence-corrected chi connectivity index (χ4v) is 1.73. The summed E-state index contributed by atoms with van der Waals surface area (Å²) in [6, 6.07) is 0. The van der Waals surface area contributed by atoms with E-state index >= 15 is 0 Å². The number of anilines is 1. The zero-order chi connectivity index (χ0) is 12.1. The molecule has 5 heteroatoms. The maximum Gasteiger partial charge on any atom is 0.222 e. The van der Waals surface area contributed by atoms with Crippen molar-refractivity contribution in [3.63, 3.8) is 0 Å². The van der Waals surface area contributed by atoms with Crippen LogP contribution in [0, 0.1) is 0 Å². The highest BCUT2D eigenvalue weighted by atomic mass is 16.6. The Hall–Kier alpha value is -1.36. The van der Waals surface area contributed by atoms with Gasteiger partial charge in [-0.05, 0) is 13.3 Å². The monoisotopic (exact) mass is 237 g/mol. The summed E-state index contributed by atoms with van der Waals surface area (Å²) in [7, 11) is 0. The lowest BCUT2D eigenvalue weighted by Gasteiger charge is -2.27. The Morgan fingerprint density at radius 3 is 2.82 bits per heavy atom. The number of hydrogen-bond acceptors (Lipinski definition) is 5. The van der Waals surface area contributed by atoms with Gasteiger partial charge < -0.3 is 14.8 Å². The van der Waals surface area contributed by atoms with E-state index in [0.29, 0.717) is 19.1 Å². The summed E-state index contributed by atoms with van der Waals surface area (Å²) >= 11 is 0. The first-order chi connectivity index (χ1) is 8.35. The normalized spacial score (nSPS) is 15.4. The van der Waals surface area contributed by atoms with Crippen LogP contribution < -0.4 is 10.1 Å². The van der Waals surface area contributed by atoms with E-state index in [1.165, 1.54) is 0 Å². The molecule has 0 aromatic carbocycles. The van der Waals surface area contributed by atoms with Crippen molar-refractivity contribution in [1.82, 2.24) is 9.97 Å². The predicted molar refractivity (Wildman–Crippen MR) is 65.4 cm³/mol. The lowest BCUT2D eigenvalue weighted by Crippen LogP contribution is -2.39. The summed E-state index contributed by atoms with van der Waals surface area (Å²) in [5.41, 5.74) is 1.07. The second-order valence-electron chi connectivity index (χ2n) is 4.06. The van der Waals surface area contributed by atoms with Crippen molar-refractivity contribution >= 4 is 5.82 Å². The van der Waals surface area contributed by atoms with E-state index < -0.39 is 0 Å². The standard InChI is InChI=1S/C12H19N3O2/c1-3-5-10-11(13-4-2)14-8-15-12(10)17-9-6-16-7-9/h8-9H,3-7H2,1-2H3,(H,13,14,15). The van der Waals surface area contributed by atoms with Gasteiger partial charge >= 0.3 is 0 Å². The van der Waals surface area contributed by atoms with Gasteiger partial charge in [0.2, 0.25) is 5.88 Å². The summed E-state index contributed by atoms with van der Waals surface area (Å²) in [6.07, 6.45) is 3.66. The van der Waals surface area contributed by atoms with Crippen LogP contribution in [0.2, 0.25) is 0 Å². The van der Waals surface area contributed by atoms with Crippen LogP contribution in [0.25, 0.3) is 0 Å². The molecule has 17 heavy (non-hydrogen) atoms. The molecule has 1 aromatic rings. The van der Waals surface area contributed by atoms with Crippen LogP contribution in [0.5, 0.6) is 5.88 Å². The fraction of sp³-hybridized carbons (Fsp3) is 0.667. The molecule has 0 bridgehead atoms. The molecule has 0 spiro atoms. The summed E-state index contributed by atoms with van der Waals surface area (Å²) < 4.78 is 10.9. The van der Waals surface area contributed by atoms with Crippen LogP contribution in [-0.4, -0.2) is 35.8 Å². The number of hydrogen-bond donors (Lipinski definition) is 1. The second kappa shape index (κ2) is 5.82. The largest absolute Gasteiger partial charge is 0.469 e. The minimum Gasteiger partial charge on any atom is -0.469 e. The van der Waals surface area contributed by atoms with E-state index in [1.807, 2.05) is 0 Å². The Kier molecular flexibility index (Phi) is 4.14. The molecule has 1 aromatic heterocycles. The molecule has 2 heterocycles. The lowest BCUT2D eigenvalue weighted by molar-refractivity contribution is -0.0816. The highest BCUT2D eigenvalue weighted by Crippen LogP contribution is 2.25. The van der Waals surface area contributed by atoms with E-state index in [9.17, 15) is 0 Å². The second-order valence-corrected chi connectivity index (χ2v) is 4.06. The van der Waals surface area contributed by atoms with Crippen molar-refractivity contribution in [2.75, 3.05) is 25.1 Å². The number of rotatable bonds is 6. The molecule has 1 N–H and O–H groups in total. The van der Waals surface area contributed by atoms with E-state index in [-0.39, 0.29) is 6.10 Å². The lowest BCUT2D eigenvalue weighted by atomic mass is 10.1. The molecule has 94 valence electrons. The van der Waals surface area contributed by atoms with Crippen molar-refractivity contribution in [2.24, 2.45) is 0 Å². The molecule has 0 unspecified atom stereocenters. The molecular formula is C12H19N3O2. The number of aromatic nitrogens is 2. The Balaban J connectivity index is 2.18. The van der Waals surface area contributed by atoms with Gasteiger partial charge in [-0.25, -0.2) is 9.97 Å². The van der Waals surface area contributed by atoms with Crippen LogP contribution in [0.15, 0.2) is 6.33 Å². The average molecular weight is 237 g/mol. The number of nitrogens with one attached hydrogen (secondary N) is 1. The van der Waals surface area contributed by atoms with Gasteiger partial charge in [0.05, 0.1) is 18.8 Å². The zero-order valence-electron chi connectivity index (χ0n) is 10.4. The molecule has 1 aliphatic rings. The SMILES string of the molecule is CCCc1c(NCC)ncnc1OC1COC1. The average Bonchev–Trinajstić information content (AvgIpc) is 2.27. The fourth-order valence-electron chi connectivity index (χ4n) is 1.73. The molecule has 0 amide bonds. The topological polar surface area (TPSA) is 56.3 Å². The molecule has 1 aliphatic heterocycles. The Bertz CT molecular complexity index is 367.